The Morgan fingerprint density at radius 2 is 2.13 bits per heavy atom. The molecule has 2 unspecified atom stereocenters. The van der Waals surface area contributed by atoms with Crippen molar-refractivity contribution in [2.45, 2.75) is 44.2 Å². The summed E-state index contributed by atoms with van der Waals surface area (Å²) >= 11 is 0. The molecule has 126 valence electrons. The van der Waals surface area contributed by atoms with E-state index in [1.165, 1.54) is 6.42 Å². The maximum absolute atomic E-state index is 12.7. The minimum atomic E-state index is 0.116. The van der Waals surface area contributed by atoms with Crippen LogP contribution in [0, 0.1) is 0 Å². The highest BCUT2D eigenvalue weighted by Gasteiger charge is 2.33. The highest BCUT2D eigenvalue weighted by molar-refractivity contribution is 5.78. The van der Waals surface area contributed by atoms with Crippen molar-refractivity contribution in [3.8, 4) is 11.5 Å². The fraction of sp³-hybridized carbons (Fsp3) is 0.611. The smallest absolute Gasteiger partial charge is 0.224 e. The fourth-order valence-corrected chi connectivity index (χ4v) is 3.74. The summed E-state index contributed by atoms with van der Waals surface area (Å²) in [6.07, 6.45) is 4.93. The van der Waals surface area contributed by atoms with Crippen LogP contribution in [0.15, 0.2) is 18.2 Å². The fourth-order valence-electron chi connectivity index (χ4n) is 3.74. The van der Waals surface area contributed by atoms with Crippen molar-refractivity contribution in [1.82, 2.24) is 10.2 Å². The number of rotatable bonds is 5. The van der Waals surface area contributed by atoms with Crippen LogP contribution < -0.4 is 14.8 Å². The van der Waals surface area contributed by atoms with Gasteiger partial charge in [-0.3, -0.25) is 4.79 Å². The van der Waals surface area contributed by atoms with Gasteiger partial charge >= 0.3 is 0 Å². The average molecular weight is 318 g/mol. The van der Waals surface area contributed by atoms with E-state index in [0.717, 1.165) is 49.4 Å². The van der Waals surface area contributed by atoms with Gasteiger partial charge in [0.1, 0.15) is 11.5 Å². The Balaban J connectivity index is 1.76. The molecule has 5 heteroatoms. The van der Waals surface area contributed by atoms with E-state index in [2.05, 4.69) is 5.32 Å². The van der Waals surface area contributed by atoms with Gasteiger partial charge in [-0.15, -0.1) is 0 Å². The van der Waals surface area contributed by atoms with Crippen LogP contribution in [0.3, 0.4) is 0 Å². The van der Waals surface area contributed by atoms with Crippen molar-refractivity contribution < 1.29 is 14.3 Å². The van der Waals surface area contributed by atoms with E-state index in [1.54, 1.807) is 14.2 Å². The number of amides is 1. The van der Waals surface area contributed by atoms with Crippen LogP contribution in [0.25, 0.3) is 0 Å². The van der Waals surface area contributed by atoms with Crippen LogP contribution in [0.2, 0.25) is 0 Å². The first-order valence-corrected chi connectivity index (χ1v) is 8.47. The molecular formula is C18H26N2O3. The summed E-state index contributed by atoms with van der Waals surface area (Å²) < 4.78 is 10.8. The maximum Gasteiger partial charge on any atom is 0.224 e. The Hall–Kier alpha value is -1.75. The SMILES string of the molecule is COc1ccc(C2CCCN2C(=O)CC2CCCN2)c(OC)c1. The predicted octanol–water partition coefficient (Wildman–Crippen LogP) is 2.51. The van der Waals surface area contributed by atoms with Gasteiger partial charge in [-0.1, -0.05) is 0 Å². The Bertz CT molecular complexity index is 555. The van der Waals surface area contributed by atoms with Gasteiger partial charge < -0.3 is 19.7 Å². The molecule has 0 saturated carbocycles. The zero-order valence-electron chi connectivity index (χ0n) is 14.0. The number of carbonyl (C=O) groups excluding carboxylic acids is 1. The molecule has 2 aliphatic rings. The molecule has 2 fully saturated rings. The van der Waals surface area contributed by atoms with Gasteiger partial charge in [0.15, 0.2) is 0 Å². The van der Waals surface area contributed by atoms with Crippen molar-refractivity contribution in [2.24, 2.45) is 0 Å². The van der Waals surface area contributed by atoms with Gasteiger partial charge in [0.05, 0.1) is 20.3 Å². The molecular weight excluding hydrogens is 292 g/mol. The Morgan fingerprint density at radius 3 is 2.83 bits per heavy atom. The number of hydrogen-bond acceptors (Lipinski definition) is 4. The topological polar surface area (TPSA) is 50.8 Å². The summed E-state index contributed by atoms with van der Waals surface area (Å²) in [6, 6.07) is 6.33. The lowest BCUT2D eigenvalue weighted by Crippen LogP contribution is -2.35. The summed E-state index contributed by atoms with van der Waals surface area (Å²) in [4.78, 5) is 14.8. The third kappa shape index (κ3) is 3.44. The molecule has 1 aromatic carbocycles. The lowest BCUT2D eigenvalue weighted by atomic mass is 10.0. The summed E-state index contributed by atoms with van der Waals surface area (Å²) in [5, 5.41) is 3.41. The molecule has 2 heterocycles. The van der Waals surface area contributed by atoms with Crippen LogP contribution in [-0.4, -0.2) is 44.2 Å². The van der Waals surface area contributed by atoms with Crippen molar-refractivity contribution in [1.29, 1.82) is 0 Å². The second kappa shape index (κ2) is 7.21. The molecule has 2 saturated heterocycles. The van der Waals surface area contributed by atoms with E-state index < -0.39 is 0 Å². The van der Waals surface area contributed by atoms with Crippen molar-refractivity contribution in [3.05, 3.63) is 23.8 Å². The number of hydrogen-bond donors (Lipinski definition) is 1. The lowest BCUT2D eigenvalue weighted by molar-refractivity contribution is -0.132. The summed E-state index contributed by atoms with van der Waals surface area (Å²) in [5.41, 5.74) is 1.08. The molecule has 0 spiro atoms. The third-order valence-electron chi connectivity index (χ3n) is 4.96. The van der Waals surface area contributed by atoms with Crippen molar-refractivity contribution >= 4 is 5.91 Å². The number of benzene rings is 1. The number of nitrogens with one attached hydrogen (secondary N) is 1. The average Bonchev–Trinajstić information content (AvgIpc) is 3.25. The third-order valence-corrected chi connectivity index (χ3v) is 4.96. The van der Waals surface area contributed by atoms with Gasteiger partial charge in [-0.2, -0.15) is 0 Å². The Morgan fingerprint density at radius 1 is 1.26 bits per heavy atom. The number of ether oxygens (including phenoxy) is 2. The predicted molar refractivity (Wildman–Crippen MR) is 88.9 cm³/mol. The van der Waals surface area contributed by atoms with Gasteiger partial charge in [-0.05, 0) is 44.4 Å². The molecule has 2 aliphatic heterocycles. The standard InChI is InChI=1S/C18H26N2O3/c1-22-14-7-8-15(17(12-14)23-2)16-6-4-10-20(16)18(21)11-13-5-3-9-19-13/h7-8,12-13,16,19H,3-6,9-11H2,1-2H3. The summed E-state index contributed by atoms with van der Waals surface area (Å²) in [7, 11) is 3.32. The Labute approximate surface area is 137 Å². The minimum absolute atomic E-state index is 0.116. The van der Waals surface area contributed by atoms with Crippen LogP contribution in [0.1, 0.15) is 43.7 Å². The van der Waals surface area contributed by atoms with Crippen LogP contribution in [0.4, 0.5) is 0 Å². The zero-order valence-corrected chi connectivity index (χ0v) is 14.0. The molecule has 0 bridgehead atoms. The number of likely N-dealkylation sites (tertiary alicyclic amines) is 1. The van der Waals surface area contributed by atoms with E-state index in [0.29, 0.717) is 12.5 Å². The van der Waals surface area contributed by atoms with Crippen LogP contribution in [-0.2, 0) is 4.79 Å². The molecule has 1 N–H and O–H groups in total. The highest BCUT2D eigenvalue weighted by atomic mass is 16.5. The molecule has 23 heavy (non-hydrogen) atoms. The summed E-state index contributed by atoms with van der Waals surface area (Å²) in [5.74, 6) is 1.83. The van der Waals surface area contributed by atoms with E-state index >= 15 is 0 Å². The number of methoxy groups -OCH3 is 2. The molecule has 3 rings (SSSR count). The molecule has 2 atom stereocenters. The quantitative estimate of drug-likeness (QED) is 0.906. The molecule has 0 aromatic heterocycles. The maximum atomic E-state index is 12.7. The van der Waals surface area contributed by atoms with Crippen molar-refractivity contribution in [3.63, 3.8) is 0 Å². The molecule has 1 amide bonds. The first-order valence-electron chi connectivity index (χ1n) is 8.47. The van der Waals surface area contributed by atoms with Gasteiger partial charge in [-0.25, -0.2) is 0 Å². The van der Waals surface area contributed by atoms with Crippen LogP contribution >= 0.6 is 0 Å². The monoisotopic (exact) mass is 318 g/mol. The lowest BCUT2D eigenvalue weighted by Gasteiger charge is -2.27. The molecule has 0 aliphatic carbocycles. The van der Waals surface area contributed by atoms with E-state index in [4.69, 9.17) is 9.47 Å². The Kier molecular flexibility index (Phi) is 5.06. The zero-order chi connectivity index (χ0) is 16.2. The largest absolute Gasteiger partial charge is 0.497 e. The normalized spacial score (nSPS) is 24.0. The first-order chi connectivity index (χ1) is 11.2. The second-order valence-electron chi connectivity index (χ2n) is 6.35. The molecule has 5 nitrogen and oxygen atoms in total. The van der Waals surface area contributed by atoms with Crippen molar-refractivity contribution in [2.75, 3.05) is 27.3 Å². The number of nitrogens with zero attached hydrogens (tertiary/aromatic N) is 1. The van der Waals surface area contributed by atoms with E-state index in [1.807, 2.05) is 23.1 Å². The highest BCUT2D eigenvalue weighted by Crippen LogP contribution is 2.39. The minimum Gasteiger partial charge on any atom is -0.497 e. The summed E-state index contributed by atoms with van der Waals surface area (Å²) in [6.45, 7) is 1.87. The molecule has 0 radical (unpaired) electrons. The molecule has 1 aromatic rings. The second-order valence-corrected chi connectivity index (χ2v) is 6.35. The van der Waals surface area contributed by atoms with Gasteiger partial charge in [0.2, 0.25) is 5.91 Å². The van der Waals surface area contributed by atoms with Crippen LogP contribution in [0.5, 0.6) is 11.5 Å². The van der Waals surface area contributed by atoms with Gasteiger partial charge in [0, 0.05) is 30.6 Å². The van der Waals surface area contributed by atoms with E-state index in [9.17, 15) is 4.79 Å². The number of carbonyl (C=O) groups is 1. The van der Waals surface area contributed by atoms with E-state index in [-0.39, 0.29) is 11.9 Å². The first kappa shape index (κ1) is 16.1. The van der Waals surface area contributed by atoms with Gasteiger partial charge in [0.25, 0.3) is 0 Å².